The molecule has 0 bridgehead atoms. The number of aldehydes is 1. The van der Waals surface area contributed by atoms with E-state index in [2.05, 4.69) is 15.9 Å². The molecule has 0 N–H and O–H groups in total. The van der Waals surface area contributed by atoms with Gasteiger partial charge in [0.25, 0.3) is 0 Å². The van der Waals surface area contributed by atoms with Gasteiger partial charge in [0.1, 0.15) is 5.75 Å². The molecule has 90 valence electrons. The van der Waals surface area contributed by atoms with Crippen molar-refractivity contribution in [1.29, 1.82) is 0 Å². The second-order valence-corrected chi connectivity index (χ2v) is 4.45. The quantitative estimate of drug-likeness (QED) is 0.458. The van der Waals surface area contributed by atoms with Crippen molar-refractivity contribution in [3.63, 3.8) is 0 Å². The first-order valence-corrected chi connectivity index (χ1v) is 6.17. The van der Waals surface area contributed by atoms with Crippen LogP contribution in [0.5, 0.6) is 5.75 Å². The fraction of sp³-hybridized carbons (Fsp3) is 0.308. The third kappa shape index (κ3) is 4.17. The SMILES string of the molecule is CCCCC(=C=O)Oc1ccc(Br)cc1C=O. The Labute approximate surface area is 109 Å². The highest BCUT2D eigenvalue weighted by Gasteiger charge is 2.07. The van der Waals surface area contributed by atoms with Gasteiger partial charge in [-0.15, -0.1) is 0 Å². The van der Waals surface area contributed by atoms with Crippen LogP contribution in [0.4, 0.5) is 0 Å². The smallest absolute Gasteiger partial charge is 0.187 e. The summed E-state index contributed by atoms with van der Waals surface area (Å²) in [5, 5.41) is 0. The van der Waals surface area contributed by atoms with Gasteiger partial charge in [-0.3, -0.25) is 4.79 Å². The van der Waals surface area contributed by atoms with Gasteiger partial charge in [0.05, 0.1) is 5.56 Å². The number of rotatable bonds is 6. The molecule has 0 unspecified atom stereocenters. The molecule has 0 aliphatic rings. The number of ether oxygens (including phenoxy) is 1. The molecule has 1 aromatic carbocycles. The highest BCUT2D eigenvalue weighted by atomic mass is 79.9. The van der Waals surface area contributed by atoms with Crippen molar-refractivity contribution < 1.29 is 14.3 Å². The van der Waals surface area contributed by atoms with Crippen molar-refractivity contribution in [2.75, 3.05) is 0 Å². The van der Waals surface area contributed by atoms with Crippen LogP contribution in [0.1, 0.15) is 36.5 Å². The molecule has 0 amide bonds. The lowest BCUT2D eigenvalue weighted by Gasteiger charge is -2.08. The Morgan fingerprint density at radius 2 is 2.29 bits per heavy atom. The van der Waals surface area contributed by atoms with Gasteiger partial charge in [-0.1, -0.05) is 29.3 Å². The topological polar surface area (TPSA) is 43.4 Å². The minimum Gasteiger partial charge on any atom is -0.449 e. The third-order valence-corrected chi connectivity index (χ3v) is 2.70. The Kier molecular flexibility index (Phi) is 5.67. The molecule has 0 fully saturated rings. The number of unbranched alkanes of at least 4 members (excludes halogenated alkanes) is 1. The average molecular weight is 297 g/mol. The fourth-order valence-corrected chi connectivity index (χ4v) is 1.68. The largest absolute Gasteiger partial charge is 0.449 e. The number of hydrogen-bond donors (Lipinski definition) is 0. The van der Waals surface area contributed by atoms with E-state index < -0.39 is 0 Å². The van der Waals surface area contributed by atoms with Gasteiger partial charge in [-0.25, -0.2) is 4.79 Å². The van der Waals surface area contributed by atoms with E-state index in [4.69, 9.17) is 4.74 Å². The number of carbonyl (C=O) groups excluding carboxylic acids is 2. The number of halogens is 1. The molecule has 1 aromatic rings. The van der Waals surface area contributed by atoms with Crippen molar-refractivity contribution in [2.24, 2.45) is 0 Å². The lowest BCUT2D eigenvalue weighted by atomic mass is 10.2. The van der Waals surface area contributed by atoms with E-state index in [1.165, 1.54) is 0 Å². The van der Waals surface area contributed by atoms with Gasteiger partial charge < -0.3 is 4.74 Å². The normalized spacial score (nSPS) is 9.53. The molecule has 0 saturated carbocycles. The minimum atomic E-state index is 0.234. The molecule has 0 heterocycles. The Hall–Kier alpha value is -1.38. The minimum absolute atomic E-state index is 0.234. The van der Waals surface area contributed by atoms with E-state index in [1.807, 2.05) is 6.92 Å². The van der Waals surface area contributed by atoms with Crippen LogP contribution in [-0.4, -0.2) is 12.2 Å². The highest BCUT2D eigenvalue weighted by molar-refractivity contribution is 9.10. The molecule has 0 aliphatic heterocycles. The van der Waals surface area contributed by atoms with E-state index in [9.17, 15) is 9.59 Å². The van der Waals surface area contributed by atoms with Crippen LogP contribution in [0.2, 0.25) is 0 Å². The summed E-state index contributed by atoms with van der Waals surface area (Å²) in [5.41, 5.74) is 0.406. The van der Waals surface area contributed by atoms with Gasteiger partial charge in [0, 0.05) is 10.9 Å². The van der Waals surface area contributed by atoms with E-state index in [0.717, 1.165) is 17.3 Å². The first kappa shape index (κ1) is 13.7. The second-order valence-electron chi connectivity index (χ2n) is 3.53. The van der Waals surface area contributed by atoms with E-state index in [0.29, 0.717) is 24.0 Å². The van der Waals surface area contributed by atoms with Gasteiger partial charge in [0.15, 0.2) is 18.0 Å². The molecule has 1 rings (SSSR count). The van der Waals surface area contributed by atoms with Crippen LogP contribution < -0.4 is 4.74 Å². The Morgan fingerprint density at radius 1 is 1.53 bits per heavy atom. The van der Waals surface area contributed by atoms with Gasteiger partial charge in [-0.2, -0.15) is 0 Å². The summed E-state index contributed by atoms with van der Waals surface area (Å²) in [6.45, 7) is 2.03. The van der Waals surface area contributed by atoms with Crippen molar-refractivity contribution in [2.45, 2.75) is 26.2 Å². The maximum atomic E-state index is 10.9. The third-order valence-electron chi connectivity index (χ3n) is 2.20. The Bertz CT molecular complexity index is 448. The van der Waals surface area contributed by atoms with Gasteiger partial charge in [-0.05, 0) is 24.6 Å². The molecular weight excluding hydrogens is 284 g/mol. The van der Waals surface area contributed by atoms with E-state index in [1.54, 1.807) is 24.1 Å². The standard InChI is InChI=1S/C13H13BrO3/c1-2-3-4-12(9-16)17-13-6-5-11(14)7-10(13)8-15/h5-8H,2-4H2,1H3. The van der Waals surface area contributed by atoms with Crippen LogP contribution in [-0.2, 0) is 4.79 Å². The molecule has 0 aliphatic carbocycles. The molecule has 0 saturated heterocycles. The van der Waals surface area contributed by atoms with Crippen LogP contribution in [0.25, 0.3) is 0 Å². The van der Waals surface area contributed by atoms with Crippen molar-refractivity contribution in [1.82, 2.24) is 0 Å². The first-order valence-electron chi connectivity index (χ1n) is 5.37. The lowest BCUT2D eigenvalue weighted by molar-refractivity contribution is 0.112. The maximum Gasteiger partial charge on any atom is 0.187 e. The first-order chi connectivity index (χ1) is 8.21. The molecule has 17 heavy (non-hydrogen) atoms. The maximum absolute atomic E-state index is 10.9. The Morgan fingerprint density at radius 3 is 2.88 bits per heavy atom. The van der Waals surface area contributed by atoms with Crippen LogP contribution in [0.3, 0.4) is 0 Å². The summed E-state index contributed by atoms with van der Waals surface area (Å²) in [5.74, 6) is 2.39. The molecule has 0 atom stereocenters. The fourth-order valence-electron chi connectivity index (χ4n) is 1.30. The summed E-state index contributed by atoms with van der Waals surface area (Å²) in [7, 11) is 0. The van der Waals surface area contributed by atoms with Crippen molar-refractivity contribution in [3.8, 4) is 5.75 Å². The average Bonchev–Trinajstić information content (AvgIpc) is 2.35. The molecule has 0 spiro atoms. The second kappa shape index (κ2) is 7.05. The highest BCUT2D eigenvalue weighted by Crippen LogP contribution is 2.24. The van der Waals surface area contributed by atoms with E-state index >= 15 is 0 Å². The molecule has 0 aromatic heterocycles. The molecule has 0 radical (unpaired) electrons. The van der Waals surface area contributed by atoms with E-state index in [-0.39, 0.29) is 5.76 Å². The zero-order valence-corrected chi connectivity index (χ0v) is 11.1. The number of carbonyl (C=O) groups is 1. The summed E-state index contributed by atoms with van der Waals surface area (Å²) in [6.07, 6.45) is 3.06. The zero-order valence-electron chi connectivity index (χ0n) is 9.53. The number of benzene rings is 1. The monoisotopic (exact) mass is 296 g/mol. The van der Waals surface area contributed by atoms with Gasteiger partial charge >= 0.3 is 0 Å². The van der Waals surface area contributed by atoms with Crippen molar-refractivity contribution >= 4 is 28.2 Å². The summed E-state index contributed by atoms with van der Waals surface area (Å²) in [6, 6.07) is 5.05. The Balaban J connectivity index is 2.86. The van der Waals surface area contributed by atoms with Crippen LogP contribution >= 0.6 is 15.9 Å². The number of hydrogen-bond acceptors (Lipinski definition) is 3. The lowest BCUT2D eigenvalue weighted by Crippen LogP contribution is -1.99. The predicted octanol–water partition coefficient (Wildman–Crippen LogP) is 3.55. The summed E-state index contributed by atoms with van der Waals surface area (Å²) >= 11 is 3.26. The summed E-state index contributed by atoms with van der Waals surface area (Å²) in [4.78, 5) is 21.6. The van der Waals surface area contributed by atoms with Gasteiger partial charge in [0.2, 0.25) is 0 Å². The zero-order chi connectivity index (χ0) is 12.7. The van der Waals surface area contributed by atoms with Crippen molar-refractivity contribution in [3.05, 3.63) is 34.0 Å². The predicted molar refractivity (Wildman–Crippen MR) is 68.9 cm³/mol. The summed E-state index contributed by atoms with van der Waals surface area (Å²) < 4.78 is 6.17. The molecular formula is C13H13BrO3. The molecule has 4 heteroatoms. The van der Waals surface area contributed by atoms with Crippen LogP contribution in [0, 0.1) is 0 Å². The van der Waals surface area contributed by atoms with Crippen LogP contribution in [0.15, 0.2) is 28.4 Å². The number of allylic oxidation sites excluding steroid dienone is 1. The molecule has 3 nitrogen and oxygen atoms in total.